The van der Waals surface area contributed by atoms with Gasteiger partial charge in [0.05, 0.1) is 17.3 Å². The van der Waals surface area contributed by atoms with Gasteiger partial charge in [-0.05, 0) is 53.7 Å². The maximum Gasteiger partial charge on any atom is 0.133 e. The summed E-state index contributed by atoms with van der Waals surface area (Å²) in [6, 6.07) is 8.55. The highest BCUT2D eigenvalue weighted by atomic mass is 79.9. The zero-order valence-electron chi connectivity index (χ0n) is 12.3. The molecule has 108 valence electrons. The summed E-state index contributed by atoms with van der Waals surface area (Å²) in [6.07, 6.45) is 0.895. The molecule has 1 aromatic heterocycles. The number of benzene rings is 1. The lowest BCUT2D eigenvalue weighted by molar-refractivity contribution is 0.411. The monoisotopic (exact) mass is 337 g/mol. The molecule has 0 aliphatic carbocycles. The normalized spacial score (nSPS) is 12.4. The molecular weight excluding hydrogens is 318 g/mol. The third-order valence-electron chi connectivity index (χ3n) is 3.44. The summed E-state index contributed by atoms with van der Waals surface area (Å²) in [5, 5.41) is 7.76. The number of nitrogens with zero attached hydrogens (tertiary/aromatic N) is 2. The van der Waals surface area contributed by atoms with Crippen molar-refractivity contribution >= 4 is 15.9 Å². The Labute approximate surface area is 128 Å². The first kappa shape index (κ1) is 15.1. The zero-order valence-corrected chi connectivity index (χ0v) is 13.9. The maximum absolute atomic E-state index is 5.27. The van der Waals surface area contributed by atoms with Gasteiger partial charge in [0.15, 0.2) is 0 Å². The van der Waals surface area contributed by atoms with Crippen molar-refractivity contribution in [2.45, 2.75) is 19.4 Å². The smallest absolute Gasteiger partial charge is 0.133 e. The molecule has 0 saturated heterocycles. The topological polar surface area (TPSA) is 39.1 Å². The quantitative estimate of drug-likeness (QED) is 0.911. The lowest BCUT2D eigenvalue weighted by atomic mass is 10.0. The molecule has 1 heterocycles. The van der Waals surface area contributed by atoms with E-state index in [0.29, 0.717) is 0 Å². The van der Waals surface area contributed by atoms with Crippen molar-refractivity contribution in [1.29, 1.82) is 0 Å². The van der Waals surface area contributed by atoms with Crippen molar-refractivity contribution in [1.82, 2.24) is 15.1 Å². The molecule has 4 nitrogen and oxygen atoms in total. The van der Waals surface area contributed by atoms with Gasteiger partial charge in [-0.15, -0.1) is 0 Å². The van der Waals surface area contributed by atoms with Gasteiger partial charge >= 0.3 is 0 Å². The SMILES string of the molecule is CNC(Cc1cc(C)nn1C)c1ccc(OC)c(Br)c1. The van der Waals surface area contributed by atoms with Gasteiger partial charge < -0.3 is 10.1 Å². The number of likely N-dealkylation sites (N-methyl/N-ethyl adjacent to an activating group) is 1. The van der Waals surface area contributed by atoms with Crippen LogP contribution in [0.4, 0.5) is 0 Å². The van der Waals surface area contributed by atoms with Crippen LogP contribution in [0.15, 0.2) is 28.7 Å². The van der Waals surface area contributed by atoms with E-state index >= 15 is 0 Å². The van der Waals surface area contributed by atoms with Crippen molar-refractivity contribution in [2.24, 2.45) is 7.05 Å². The number of aromatic nitrogens is 2. The summed E-state index contributed by atoms with van der Waals surface area (Å²) in [7, 11) is 5.64. The molecule has 0 bridgehead atoms. The average molecular weight is 338 g/mol. The third-order valence-corrected chi connectivity index (χ3v) is 4.06. The number of methoxy groups -OCH3 is 1. The van der Waals surface area contributed by atoms with Crippen molar-refractivity contribution in [3.8, 4) is 5.75 Å². The fraction of sp³-hybridized carbons (Fsp3) is 0.400. The van der Waals surface area contributed by atoms with E-state index in [2.05, 4.69) is 44.5 Å². The molecule has 2 aromatic rings. The van der Waals surface area contributed by atoms with E-state index in [1.165, 1.54) is 11.3 Å². The molecule has 1 N–H and O–H groups in total. The maximum atomic E-state index is 5.27. The van der Waals surface area contributed by atoms with Crippen LogP contribution >= 0.6 is 15.9 Å². The van der Waals surface area contributed by atoms with E-state index in [0.717, 1.165) is 22.3 Å². The molecule has 20 heavy (non-hydrogen) atoms. The predicted octanol–water partition coefficient (Wildman–Crippen LogP) is 3.00. The molecule has 5 heteroatoms. The molecule has 0 saturated carbocycles. The lowest BCUT2D eigenvalue weighted by Crippen LogP contribution is -2.20. The van der Waals surface area contributed by atoms with Gasteiger partial charge in [-0.2, -0.15) is 5.10 Å². The van der Waals surface area contributed by atoms with Crippen molar-refractivity contribution < 1.29 is 4.74 Å². The molecule has 2 rings (SSSR count). The van der Waals surface area contributed by atoms with Crippen LogP contribution in [-0.2, 0) is 13.5 Å². The summed E-state index contributed by atoms with van der Waals surface area (Å²) in [5.41, 5.74) is 3.49. The van der Waals surface area contributed by atoms with Crippen molar-refractivity contribution in [3.63, 3.8) is 0 Å². The Morgan fingerprint density at radius 1 is 1.40 bits per heavy atom. The number of nitrogens with one attached hydrogen (secondary N) is 1. The van der Waals surface area contributed by atoms with Crippen LogP contribution in [0.25, 0.3) is 0 Å². The van der Waals surface area contributed by atoms with E-state index in [1.54, 1.807) is 7.11 Å². The van der Waals surface area contributed by atoms with E-state index in [9.17, 15) is 0 Å². The molecular formula is C15H20BrN3O. The summed E-state index contributed by atoms with van der Waals surface area (Å²) in [5.74, 6) is 0.847. The van der Waals surface area contributed by atoms with E-state index in [4.69, 9.17) is 4.74 Å². The molecule has 1 unspecified atom stereocenters. The van der Waals surface area contributed by atoms with Crippen LogP contribution in [0.3, 0.4) is 0 Å². The molecule has 0 spiro atoms. The standard InChI is InChI=1S/C15H20BrN3O/c1-10-7-12(19(3)18-10)9-14(17-2)11-5-6-15(20-4)13(16)8-11/h5-8,14,17H,9H2,1-4H3. The number of rotatable bonds is 5. The molecule has 0 aliphatic heterocycles. The zero-order chi connectivity index (χ0) is 14.7. The first-order valence-corrected chi connectivity index (χ1v) is 7.34. The molecule has 0 fully saturated rings. The highest BCUT2D eigenvalue weighted by Gasteiger charge is 2.14. The van der Waals surface area contributed by atoms with Gasteiger partial charge in [-0.25, -0.2) is 0 Å². The Morgan fingerprint density at radius 3 is 2.65 bits per heavy atom. The van der Waals surface area contributed by atoms with Crippen molar-refractivity contribution in [2.75, 3.05) is 14.2 Å². The third kappa shape index (κ3) is 3.22. The average Bonchev–Trinajstić information content (AvgIpc) is 2.74. The van der Waals surface area contributed by atoms with Crippen LogP contribution in [0.1, 0.15) is 23.0 Å². The van der Waals surface area contributed by atoms with Gasteiger partial charge in [-0.3, -0.25) is 4.68 Å². The van der Waals surface area contributed by atoms with Crippen LogP contribution in [0.5, 0.6) is 5.75 Å². The summed E-state index contributed by atoms with van der Waals surface area (Å²) in [4.78, 5) is 0. The number of ether oxygens (including phenoxy) is 1. The number of aryl methyl sites for hydroxylation is 2. The highest BCUT2D eigenvalue weighted by molar-refractivity contribution is 9.10. The van der Waals surface area contributed by atoms with Gasteiger partial charge in [-0.1, -0.05) is 6.07 Å². The minimum atomic E-state index is 0.243. The van der Waals surface area contributed by atoms with E-state index < -0.39 is 0 Å². The second kappa shape index (κ2) is 6.41. The van der Waals surface area contributed by atoms with Crippen LogP contribution < -0.4 is 10.1 Å². The van der Waals surface area contributed by atoms with E-state index in [-0.39, 0.29) is 6.04 Å². The fourth-order valence-electron chi connectivity index (χ4n) is 2.35. The van der Waals surface area contributed by atoms with Crippen molar-refractivity contribution in [3.05, 3.63) is 45.7 Å². The number of hydrogen-bond donors (Lipinski definition) is 1. The van der Waals surface area contributed by atoms with Gasteiger partial charge in [0.25, 0.3) is 0 Å². The summed E-state index contributed by atoms with van der Waals surface area (Å²) in [6.45, 7) is 2.02. The second-order valence-corrected chi connectivity index (χ2v) is 5.69. The largest absolute Gasteiger partial charge is 0.496 e. The summed E-state index contributed by atoms with van der Waals surface area (Å²) < 4.78 is 8.19. The van der Waals surface area contributed by atoms with Crippen LogP contribution in [-0.4, -0.2) is 23.9 Å². The lowest BCUT2D eigenvalue weighted by Gasteiger charge is -2.18. The minimum Gasteiger partial charge on any atom is -0.496 e. The van der Waals surface area contributed by atoms with Crippen LogP contribution in [0, 0.1) is 6.92 Å². The number of halogens is 1. The van der Waals surface area contributed by atoms with Gasteiger partial charge in [0.1, 0.15) is 5.75 Å². The Hall–Kier alpha value is -1.33. The molecule has 1 aromatic carbocycles. The number of hydrogen-bond acceptors (Lipinski definition) is 3. The summed E-state index contributed by atoms with van der Waals surface area (Å²) >= 11 is 3.54. The Balaban J connectivity index is 2.24. The molecule has 0 aliphatic rings. The molecule has 1 atom stereocenters. The first-order chi connectivity index (χ1) is 9.55. The van der Waals surface area contributed by atoms with Gasteiger partial charge in [0.2, 0.25) is 0 Å². The fourth-order valence-corrected chi connectivity index (χ4v) is 2.91. The second-order valence-electron chi connectivity index (χ2n) is 4.84. The van der Waals surface area contributed by atoms with E-state index in [1.807, 2.05) is 31.8 Å². The predicted molar refractivity (Wildman–Crippen MR) is 84.1 cm³/mol. The van der Waals surface area contributed by atoms with Gasteiger partial charge in [0, 0.05) is 25.2 Å². The highest BCUT2D eigenvalue weighted by Crippen LogP contribution is 2.29. The Morgan fingerprint density at radius 2 is 2.15 bits per heavy atom. The first-order valence-electron chi connectivity index (χ1n) is 6.55. The molecule has 0 radical (unpaired) electrons. The Kier molecular flexibility index (Phi) is 4.83. The molecule has 0 amide bonds. The minimum absolute atomic E-state index is 0.243. The Bertz CT molecular complexity index is 595. The van der Waals surface area contributed by atoms with Crippen LogP contribution in [0.2, 0.25) is 0 Å².